The van der Waals surface area contributed by atoms with E-state index in [2.05, 4.69) is 143 Å². The Morgan fingerprint density at radius 3 is 1.91 bits per heavy atom. The monoisotopic (exact) mass is 703 g/mol. The second kappa shape index (κ2) is 11.0. The molecular formula is C50H29N3O2. The molecule has 0 bridgehead atoms. The highest BCUT2D eigenvalue weighted by Gasteiger charge is 2.25. The summed E-state index contributed by atoms with van der Waals surface area (Å²) in [4.78, 5) is 0. The van der Waals surface area contributed by atoms with E-state index in [1.807, 2.05) is 36.4 Å². The Hall–Kier alpha value is -7.55. The maximum absolute atomic E-state index is 10.9. The van der Waals surface area contributed by atoms with Crippen molar-refractivity contribution in [2.24, 2.45) is 0 Å². The lowest BCUT2D eigenvalue weighted by Gasteiger charge is -2.19. The molecule has 0 saturated heterocycles. The van der Waals surface area contributed by atoms with Gasteiger partial charge in [-0.05, 0) is 73.7 Å². The second-order valence-electron chi connectivity index (χ2n) is 14.4. The third kappa shape index (κ3) is 4.00. The summed E-state index contributed by atoms with van der Waals surface area (Å²) in [6.07, 6.45) is 0. The highest BCUT2D eigenvalue weighted by Crippen LogP contribution is 2.46. The molecule has 0 spiro atoms. The third-order valence-corrected chi connectivity index (χ3v) is 11.4. The van der Waals surface area contributed by atoms with Gasteiger partial charge in [-0.25, -0.2) is 0 Å². The van der Waals surface area contributed by atoms with Crippen LogP contribution in [0, 0.1) is 18.3 Å². The van der Waals surface area contributed by atoms with E-state index >= 15 is 0 Å². The molecule has 0 saturated carbocycles. The van der Waals surface area contributed by atoms with Gasteiger partial charge >= 0.3 is 0 Å². The molecule has 4 aromatic heterocycles. The van der Waals surface area contributed by atoms with Crippen LogP contribution in [-0.2, 0) is 0 Å². The lowest BCUT2D eigenvalue weighted by Crippen LogP contribution is -2.03. The zero-order valence-corrected chi connectivity index (χ0v) is 29.7. The maximum Gasteiger partial charge on any atom is 0.137 e. The first-order valence-electron chi connectivity index (χ1n) is 18.5. The Bertz CT molecular complexity index is 3640. The topological polar surface area (TPSA) is 59.9 Å². The minimum Gasteiger partial charge on any atom is -0.456 e. The summed E-state index contributed by atoms with van der Waals surface area (Å²) < 4.78 is 17.5. The van der Waals surface area contributed by atoms with Crippen LogP contribution in [0.5, 0.6) is 0 Å². The van der Waals surface area contributed by atoms with Gasteiger partial charge in [-0.15, -0.1) is 0 Å². The molecule has 5 nitrogen and oxygen atoms in total. The molecule has 0 aliphatic heterocycles. The number of fused-ring (bicyclic) bond motifs is 14. The highest BCUT2D eigenvalue weighted by molar-refractivity contribution is 6.28. The molecule has 55 heavy (non-hydrogen) atoms. The molecule has 0 radical (unpaired) electrons. The summed E-state index contributed by atoms with van der Waals surface area (Å²) in [5, 5.41) is 19.8. The van der Waals surface area contributed by atoms with Crippen molar-refractivity contribution in [3.05, 3.63) is 169 Å². The first kappa shape index (κ1) is 30.0. The van der Waals surface area contributed by atoms with Gasteiger partial charge in [0.1, 0.15) is 28.4 Å². The smallest absolute Gasteiger partial charge is 0.137 e. The summed E-state index contributed by atoms with van der Waals surface area (Å²) in [5.41, 5.74) is 13.2. The fraction of sp³-hybridized carbons (Fsp3) is 0.0200. The van der Waals surface area contributed by atoms with Crippen LogP contribution in [0.15, 0.2) is 167 Å². The van der Waals surface area contributed by atoms with Crippen molar-refractivity contribution in [2.75, 3.05) is 0 Å². The maximum atomic E-state index is 10.9. The van der Waals surface area contributed by atoms with Gasteiger partial charge in [0.15, 0.2) is 0 Å². The van der Waals surface area contributed by atoms with E-state index in [4.69, 9.17) is 8.83 Å². The van der Waals surface area contributed by atoms with Crippen LogP contribution in [0.25, 0.3) is 110 Å². The van der Waals surface area contributed by atoms with E-state index in [0.29, 0.717) is 5.56 Å². The van der Waals surface area contributed by atoms with Gasteiger partial charge in [-0.1, -0.05) is 96.6 Å². The fourth-order valence-electron chi connectivity index (χ4n) is 9.18. The van der Waals surface area contributed by atoms with Crippen LogP contribution in [0.4, 0.5) is 0 Å². The number of benzene rings is 8. The van der Waals surface area contributed by atoms with E-state index < -0.39 is 0 Å². The van der Waals surface area contributed by atoms with Crippen molar-refractivity contribution in [1.82, 2.24) is 9.13 Å². The number of aryl methyl sites for hydroxylation is 1. The number of aromatic nitrogens is 2. The van der Waals surface area contributed by atoms with Crippen LogP contribution < -0.4 is 0 Å². The molecule has 0 fully saturated rings. The minimum absolute atomic E-state index is 0.592. The predicted molar refractivity (Wildman–Crippen MR) is 225 cm³/mol. The lowest BCUT2D eigenvalue weighted by atomic mass is 9.97. The molecule has 0 amide bonds. The summed E-state index contributed by atoms with van der Waals surface area (Å²) >= 11 is 0. The number of para-hydroxylation sites is 5. The third-order valence-electron chi connectivity index (χ3n) is 11.4. The molecule has 0 unspecified atom stereocenters. The van der Waals surface area contributed by atoms with E-state index in [-0.39, 0.29) is 0 Å². The average Bonchev–Trinajstić information content (AvgIpc) is 3.97. The molecule has 12 rings (SSSR count). The Labute approximate surface area is 314 Å². The van der Waals surface area contributed by atoms with Crippen LogP contribution in [0.2, 0.25) is 0 Å². The lowest BCUT2D eigenvalue weighted by molar-refractivity contribution is 0.669. The largest absolute Gasteiger partial charge is 0.456 e. The summed E-state index contributed by atoms with van der Waals surface area (Å²) in [7, 11) is 0. The number of hydrogen-bond acceptors (Lipinski definition) is 3. The van der Waals surface area contributed by atoms with Crippen molar-refractivity contribution in [3.63, 3.8) is 0 Å². The van der Waals surface area contributed by atoms with E-state index in [0.717, 1.165) is 105 Å². The first-order chi connectivity index (χ1) is 27.2. The summed E-state index contributed by atoms with van der Waals surface area (Å²) in [6.45, 7) is 2.13. The standard InChI is InChI=1S/C50H29N3O2/c1-29-21-23-40-37(27-29)46-41(24-26-44-47(46)35-14-4-8-19-42(35)54-44)53(40)49-30(28-51)11-10-16-33(49)31-12-2-6-17-38(31)52-39-18-7-3-13-32(39)34-22-25-45-48(50(34)52)36-15-5-9-20-43(36)55-45/h2-27H,1H3. The number of rotatable bonds is 3. The Morgan fingerprint density at radius 1 is 0.455 bits per heavy atom. The van der Waals surface area contributed by atoms with E-state index in [1.165, 1.54) is 10.9 Å². The van der Waals surface area contributed by atoms with E-state index in [9.17, 15) is 5.26 Å². The molecule has 12 aromatic rings. The van der Waals surface area contributed by atoms with E-state index in [1.54, 1.807) is 0 Å². The average molecular weight is 704 g/mol. The van der Waals surface area contributed by atoms with Crippen LogP contribution in [0.1, 0.15) is 11.1 Å². The van der Waals surface area contributed by atoms with Gasteiger partial charge < -0.3 is 18.0 Å². The molecule has 8 aromatic carbocycles. The van der Waals surface area contributed by atoms with Gasteiger partial charge in [0.05, 0.1) is 44.4 Å². The number of nitriles is 1. The van der Waals surface area contributed by atoms with Crippen LogP contribution in [-0.4, -0.2) is 9.13 Å². The first-order valence-corrected chi connectivity index (χ1v) is 18.5. The molecule has 0 atom stereocenters. The Kier molecular flexibility index (Phi) is 5.99. The number of hydrogen-bond donors (Lipinski definition) is 0. The molecular weight excluding hydrogens is 675 g/mol. The number of furan rings is 2. The van der Waals surface area contributed by atoms with Crippen molar-refractivity contribution in [2.45, 2.75) is 6.92 Å². The van der Waals surface area contributed by atoms with Gasteiger partial charge in [0, 0.05) is 48.8 Å². The number of nitrogens with zero attached hydrogens (tertiary/aromatic N) is 3. The van der Waals surface area contributed by atoms with Crippen LogP contribution in [0.3, 0.4) is 0 Å². The molecule has 0 aliphatic rings. The minimum atomic E-state index is 0.592. The Morgan fingerprint density at radius 2 is 1.09 bits per heavy atom. The Balaban J connectivity index is 1.23. The molecule has 0 N–H and O–H groups in total. The SMILES string of the molecule is Cc1ccc2c(c1)c1c3c(ccc1n2-c1c(C#N)cccc1-c1ccccc1-n1c2ccccc2c2ccc4oc5ccccc5c4c21)oc1ccccc13. The normalized spacial score (nSPS) is 12.1. The van der Waals surface area contributed by atoms with Crippen LogP contribution >= 0.6 is 0 Å². The summed E-state index contributed by atoms with van der Waals surface area (Å²) in [6, 6.07) is 57.5. The molecule has 0 aliphatic carbocycles. The van der Waals surface area contributed by atoms with Crippen molar-refractivity contribution in [1.29, 1.82) is 5.26 Å². The quantitative estimate of drug-likeness (QED) is 0.184. The van der Waals surface area contributed by atoms with Gasteiger partial charge in [0.2, 0.25) is 0 Å². The molecule has 5 heteroatoms. The molecule has 256 valence electrons. The summed E-state index contributed by atoms with van der Waals surface area (Å²) in [5.74, 6) is 0. The predicted octanol–water partition coefficient (Wildman–Crippen LogP) is 13.5. The highest BCUT2D eigenvalue weighted by atomic mass is 16.3. The van der Waals surface area contributed by atoms with Gasteiger partial charge in [0.25, 0.3) is 0 Å². The second-order valence-corrected chi connectivity index (χ2v) is 14.4. The fourth-order valence-corrected chi connectivity index (χ4v) is 9.18. The van der Waals surface area contributed by atoms with Gasteiger partial charge in [-0.3, -0.25) is 0 Å². The van der Waals surface area contributed by atoms with Crippen molar-refractivity contribution >= 4 is 87.5 Å². The zero-order valence-electron chi connectivity index (χ0n) is 29.7. The van der Waals surface area contributed by atoms with Crippen molar-refractivity contribution < 1.29 is 8.83 Å². The molecule has 4 heterocycles. The van der Waals surface area contributed by atoms with Gasteiger partial charge in [-0.2, -0.15) is 5.26 Å². The van der Waals surface area contributed by atoms with Crippen molar-refractivity contribution in [3.8, 4) is 28.6 Å². The zero-order chi connectivity index (χ0) is 36.4.